The van der Waals surface area contributed by atoms with Gasteiger partial charge in [-0.05, 0) is 55.0 Å². The summed E-state index contributed by atoms with van der Waals surface area (Å²) in [6.07, 6.45) is 3.40. The Balaban J connectivity index is 1.70. The fourth-order valence-electron chi connectivity index (χ4n) is 2.81. The van der Waals surface area contributed by atoms with E-state index in [9.17, 15) is 9.59 Å². The summed E-state index contributed by atoms with van der Waals surface area (Å²) in [6.45, 7) is 6.14. The summed E-state index contributed by atoms with van der Waals surface area (Å²) in [5.74, 6) is 0.487. The Labute approximate surface area is 204 Å². The van der Waals surface area contributed by atoms with Crippen molar-refractivity contribution in [2.45, 2.75) is 6.92 Å². The highest BCUT2D eigenvalue weighted by Crippen LogP contribution is 2.34. The number of anilines is 1. The standard InChI is InChI=1S/C23H21BrN2O4S2/c1-3-11-26-22(28)20(32-23(26)31)13-15-5-10-18(19(12-15)29-4-2)30-14-21(27)25-17-8-6-16(24)7-9-17/h3,5-10,12-13H,1,4,11,14H2,2H3,(H,25,27)/b20-13-. The smallest absolute Gasteiger partial charge is 0.266 e. The van der Waals surface area contributed by atoms with Crippen molar-refractivity contribution in [2.24, 2.45) is 0 Å². The molecule has 6 nitrogen and oxygen atoms in total. The molecule has 2 aromatic rings. The average molecular weight is 533 g/mol. The molecule has 2 aromatic carbocycles. The maximum Gasteiger partial charge on any atom is 0.266 e. The molecular formula is C23H21BrN2O4S2. The molecule has 9 heteroatoms. The van der Waals surface area contributed by atoms with Crippen molar-refractivity contribution in [1.29, 1.82) is 0 Å². The lowest BCUT2D eigenvalue weighted by Gasteiger charge is -2.13. The van der Waals surface area contributed by atoms with Gasteiger partial charge >= 0.3 is 0 Å². The largest absolute Gasteiger partial charge is 0.490 e. The van der Waals surface area contributed by atoms with Gasteiger partial charge in [-0.25, -0.2) is 0 Å². The van der Waals surface area contributed by atoms with Crippen LogP contribution in [0.1, 0.15) is 12.5 Å². The third-order valence-corrected chi connectivity index (χ3v) is 6.14. The van der Waals surface area contributed by atoms with Gasteiger partial charge in [0.25, 0.3) is 11.8 Å². The average Bonchev–Trinajstić information content (AvgIpc) is 3.03. The molecule has 0 atom stereocenters. The van der Waals surface area contributed by atoms with Crippen LogP contribution in [0.2, 0.25) is 0 Å². The number of amides is 2. The molecule has 0 spiro atoms. The van der Waals surface area contributed by atoms with E-state index in [-0.39, 0.29) is 18.4 Å². The van der Waals surface area contributed by atoms with Crippen LogP contribution in [0.3, 0.4) is 0 Å². The lowest BCUT2D eigenvalue weighted by atomic mass is 10.2. The van der Waals surface area contributed by atoms with Crippen LogP contribution in [0.4, 0.5) is 5.69 Å². The first-order chi connectivity index (χ1) is 15.4. The fourth-order valence-corrected chi connectivity index (χ4v) is 4.35. The zero-order valence-corrected chi connectivity index (χ0v) is 20.5. The topological polar surface area (TPSA) is 67.9 Å². The molecule has 0 aliphatic carbocycles. The van der Waals surface area contributed by atoms with E-state index in [0.29, 0.717) is 39.6 Å². The molecule has 1 aliphatic heterocycles. The van der Waals surface area contributed by atoms with Crippen LogP contribution in [0.5, 0.6) is 11.5 Å². The third-order valence-electron chi connectivity index (χ3n) is 4.24. The van der Waals surface area contributed by atoms with Crippen LogP contribution in [0.25, 0.3) is 6.08 Å². The number of carbonyl (C=O) groups excluding carboxylic acids is 2. The maximum atomic E-state index is 12.5. The molecule has 1 heterocycles. The monoisotopic (exact) mass is 532 g/mol. The Morgan fingerprint density at radius 3 is 2.66 bits per heavy atom. The number of nitrogens with zero attached hydrogens (tertiary/aromatic N) is 1. The van der Waals surface area contributed by atoms with Gasteiger partial charge in [-0.15, -0.1) is 6.58 Å². The number of benzene rings is 2. The molecule has 1 saturated heterocycles. The van der Waals surface area contributed by atoms with Crippen molar-refractivity contribution >= 4 is 67.8 Å². The Kier molecular flexibility index (Phi) is 8.49. The van der Waals surface area contributed by atoms with Gasteiger partial charge in [0, 0.05) is 16.7 Å². The molecular weight excluding hydrogens is 512 g/mol. The molecule has 0 unspecified atom stereocenters. The van der Waals surface area contributed by atoms with E-state index in [4.69, 9.17) is 21.7 Å². The molecule has 32 heavy (non-hydrogen) atoms. The van der Waals surface area contributed by atoms with Gasteiger partial charge in [-0.2, -0.15) is 0 Å². The highest BCUT2D eigenvalue weighted by atomic mass is 79.9. The van der Waals surface area contributed by atoms with Crippen molar-refractivity contribution in [2.75, 3.05) is 25.1 Å². The Bertz CT molecular complexity index is 1070. The summed E-state index contributed by atoms with van der Waals surface area (Å²) >= 11 is 9.88. The summed E-state index contributed by atoms with van der Waals surface area (Å²) in [6, 6.07) is 12.5. The van der Waals surface area contributed by atoms with Gasteiger partial charge in [0.15, 0.2) is 18.1 Å². The van der Waals surface area contributed by atoms with E-state index < -0.39 is 0 Å². The second-order valence-corrected chi connectivity index (χ2v) is 9.16. The molecule has 1 aliphatic rings. The normalized spacial score (nSPS) is 14.6. The first-order valence-corrected chi connectivity index (χ1v) is 11.7. The van der Waals surface area contributed by atoms with Crippen molar-refractivity contribution < 1.29 is 19.1 Å². The van der Waals surface area contributed by atoms with Crippen molar-refractivity contribution in [3.05, 3.63) is 70.1 Å². The number of thioether (sulfide) groups is 1. The zero-order valence-electron chi connectivity index (χ0n) is 17.3. The van der Waals surface area contributed by atoms with Gasteiger partial charge in [0.1, 0.15) is 4.32 Å². The van der Waals surface area contributed by atoms with Crippen molar-refractivity contribution in [1.82, 2.24) is 4.90 Å². The zero-order chi connectivity index (χ0) is 23.1. The number of carbonyl (C=O) groups is 2. The maximum absolute atomic E-state index is 12.5. The van der Waals surface area contributed by atoms with Gasteiger partial charge in [-0.1, -0.05) is 52.1 Å². The molecule has 2 amide bonds. The number of ether oxygens (including phenoxy) is 2. The minimum Gasteiger partial charge on any atom is -0.490 e. The van der Waals surface area contributed by atoms with Crippen LogP contribution < -0.4 is 14.8 Å². The number of rotatable bonds is 9. The van der Waals surface area contributed by atoms with Crippen molar-refractivity contribution in [3.8, 4) is 11.5 Å². The van der Waals surface area contributed by atoms with E-state index in [2.05, 4.69) is 27.8 Å². The summed E-state index contributed by atoms with van der Waals surface area (Å²) in [4.78, 5) is 26.8. The molecule has 1 fully saturated rings. The van der Waals surface area contributed by atoms with Gasteiger partial charge in [-0.3, -0.25) is 14.5 Å². The van der Waals surface area contributed by atoms with E-state index in [1.54, 1.807) is 42.5 Å². The number of halogens is 1. The van der Waals surface area contributed by atoms with E-state index in [1.165, 1.54) is 16.7 Å². The van der Waals surface area contributed by atoms with E-state index in [0.717, 1.165) is 10.0 Å². The first kappa shape index (κ1) is 24.0. The molecule has 0 bridgehead atoms. The summed E-state index contributed by atoms with van der Waals surface area (Å²) in [7, 11) is 0. The summed E-state index contributed by atoms with van der Waals surface area (Å²) < 4.78 is 12.8. The quantitative estimate of drug-likeness (QED) is 0.270. The van der Waals surface area contributed by atoms with Crippen LogP contribution in [0.15, 0.2) is 64.5 Å². The predicted octanol–water partition coefficient (Wildman–Crippen LogP) is 5.25. The van der Waals surface area contributed by atoms with Crippen LogP contribution in [-0.4, -0.2) is 40.8 Å². The second kappa shape index (κ2) is 11.3. The first-order valence-electron chi connectivity index (χ1n) is 9.72. The van der Waals surface area contributed by atoms with Crippen LogP contribution in [0, 0.1) is 0 Å². The van der Waals surface area contributed by atoms with E-state index in [1.807, 2.05) is 19.1 Å². The minimum atomic E-state index is -0.287. The van der Waals surface area contributed by atoms with Gasteiger partial charge < -0.3 is 14.8 Å². The summed E-state index contributed by atoms with van der Waals surface area (Å²) in [5.41, 5.74) is 1.44. The number of nitrogens with one attached hydrogen (secondary N) is 1. The van der Waals surface area contributed by atoms with Crippen molar-refractivity contribution in [3.63, 3.8) is 0 Å². The minimum absolute atomic E-state index is 0.150. The Morgan fingerprint density at radius 1 is 1.22 bits per heavy atom. The molecule has 166 valence electrons. The Morgan fingerprint density at radius 2 is 1.97 bits per heavy atom. The molecule has 0 saturated carbocycles. The SMILES string of the molecule is C=CCN1C(=O)/C(=C/c2ccc(OCC(=O)Nc3ccc(Br)cc3)c(OCC)c2)SC1=S. The van der Waals surface area contributed by atoms with Gasteiger partial charge in [0.05, 0.1) is 11.5 Å². The predicted molar refractivity (Wildman–Crippen MR) is 136 cm³/mol. The third kappa shape index (κ3) is 6.21. The number of hydrogen-bond acceptors (Lipinski definition) is 6. The molecule has 0 aromatic heterocycles. The van der Waals surface area contributed by atoms with Crippen LogP contribution >= 0.6 is 39.9 Å². The molecule has 3 rings (SSSR count). The van der Waals surface area contributed by atoms with Crippen LogP contribution in [-0.2, 0) is 9.59 Å². The highest BCUT2D eigenvalue weighted by Gasteiger charge is 2.31. The molecule has 1 N–H and O–H groups in total. The van der Waals surface area contributed by atoms with Gasteiger partial charge in [0.2, 0.25) is 0 Å². The lowest BCUT2D eigenvalue weighted by molar-refractivity contribution is -0.121. The number of thiocarbonyl (C=S) groups is 1. The highest BCUT2D eigenvalue weighted by molar-refractivity contribution is 9.10. The second-order valence-electron chi connectivity index (χ2n) is 6.56. The number of hydrogen-bond donors (Lipinski definition) is 1. The summed E-state index contributed by atoms with van der Waals surface area (Å²) in [5, 5.41) is 2.77. The van der Waals surface area contributed by atoms with E-state index >= 15 is 0 Å². The fraction of sp³-hybridized carbons (Fsp3) is 0.174. The Hall–Kier alpha value is -2.62. The lowest BCUT2D eigenvalue weighted by Crippen LogP contribution is -2.27. The molecule has 0 radical (unpaired) electrons.